The van der Waals surface area contributed by atoms with E-state index in [1.807, 2.05) is 103 Å². The monoisotopic (exact) mass is 928 g/mol. The van der Waals surface area contributed by atoms with Gasteiger partial charge in [0, 0.05) is 0 Å². The van der Waals surface area contributed by atoms with Gasteiger partial charge in [-0.05, 0) is 67.6 Å². The lowest BCUT2D eigenvalue weighted by Crippen LogP contribution is -2.63. The molecular formula is C55H60O13. The third kappa shape index (κ3) is 13.1. The highest BCUT2D eigenvalue weighted by Gasteiger charge is 2.58. The predicted molar refractivity (Wildman–Crippen MR) is 250 cm³/mol. The number of carbonyl (C=O) groups excluding carboxylic acids is 2. The van der Waals surface area contributed by atoms with Crippen LogP contribution in [0.25, 0.3) is 0 Å². The molecule has 5 aromatic rings. The highest BCUT2D eigenvalue weighted by molar-refractivity contribution is 5.90. The molecule has 3 heterocycles. The van der Waals surface area contributed by atoms with E-state index in [4.69, 9.17) is 52.1 Å². The summed E-state index contributed by atoms with van der Waals surface area (Å²) < 4.78 is 72.2. The molecule has 0 spiro atoms. The zero-order chi connectivity index (χ0) is 47.1. The Balaban J connectivity index is 1.11. The molecule has 0 unspecified atom stereocenters. The lowest BCUT2D eigenvalue weighted by atomic mass is 9.97. The molecule has 0 bridgehead atoms. The van der Waals surface area contributed by atoms with Gasteiger partial charge in [-0.3, -0.25) is 0 Å². The summed E-state index contributed by atoms with van der Waals surface area (Å²) in [6.07, 6.45) is -6.36. The SMILES string of the molecule is C=CCCCO[C@@H]1O[C@H](CO[C@@H]2O[C@H](COCc3ccccc3)[C@H](OCc3ccccc3)[C@H](OCc3ccccc3)[C@H]2OC(=O)c2ccccc2)[C@@H]2OC(C)(C)O[C@@H]2[C@H]1OC(=O)c1ccccc1. The maximum absolute atomic E-state index is 14.1. The zero-order valence-electron chi connectivity index (χ0n) is 38.5. The van der Waals surface area contributed by atoms with Crippen molar-refractivity contribution >= 4 is 11.9 Å². The van der Waals surface area contributed by atoms with Crippen molar-refractivity contribution in [2.24, 2.45) is 0 Å². The van der Waals surface area contributed by atoms with Gasteiger partial charge in [-0.15, -0.1) is 6.58 Å². The summed E-state index contributed by atoms with van der Waals surface area (Å²) in [6, 6.07) is 46.7. The van der Waals surface area contributed by atoms with Crippen LogP contribution in [0.1, 0.15) is 64.1 Å². The third-order valence-electron chi connectivity index (χ3n) is 11.8. The summed E-state index contributed by atoms with van der Waals surface area (Å²) in [6.45, 7) is 8.26. The minimum Gasteiger partial charge on any atom is -0.450 e. The maximum atomic E-state index is 14.1. The van der Waals surface area contributed by atoms with Crippen molar-refractivity contribution in [3.8, 4) is 0 Å². The van der Waals surface area contributed by atoms with Gasteiger partial charge in [0.05, 0.1) is 50.8 Å². The third-order valence-corrected chi connectivity index (χ3v) is 11.8. The lowest BCUT2D eigenvalue weighted by molar-refractivity contribution is -0.333. The van der Waals surface area contributed by atoms with Crippen molar-refractivity contribution in [2.45, 2.75) is 114 Å². The quantitative estimate of drug-likeness (QED) is 0.0372. The number of carbonyl (C=O) groups is 2. The van der Waals surface area contributed by atoms with E-state index in [1.54, 1.807) is 68.5 Å². The van der Waals surface area contributed by atoms with Crippen LogP contribution in [0.3, 0.4) is 0 Å². The summed E-state index contributed by atoms with van der Waals surface area (Å²) in [4.78, 5) is 27.7. The molecule has 0 aromatic heterocycles. The Morgan fingerprint density at radius 3 is 1.56 bits per heavy atom. The van der Waals surface area contributed by atoms with Crippen molar-refractivity contribution < 1.29 is 61.7 Å². The highest BCUT2D eigenvalue weighted by Crippen LogP contribution is 2.40. The van der Waals surface area contributed by atoms with E-state index in [9.17, 15) is 9.59 Å². The van der Waals surface area contributed by atoms with Crippen molar-refractivity contribution in [1.29, 1.82) is 0 Å². The number of ether oxygens (including phenoxy) is 11. The summed E-state index contributed by atoms with van der Waals surface area (Å²) in [5.41, 5.74) is 3.49. The Morgan fingerprint density at radius 1 is 0.529 bits per heavy atom. The van der Waals surface area contributed by atoms with Gasteiger partial charge < -0.3 is 52.1 Å². The summed E-state index contributed by atoms with van der Waals surface area (Å²) in [5.74, 6) is -2.27. The molecule has 68 heavy (non-hydrogen) atoms. The van der Waals surface area contributed by atoms with Crippen LogP contribution in [-0.4, -0.2) is 99.0 Å². The van der Waals surface area contributed by atoms with Crippen molar-refractivity contribution in [2.75, 3.05) is 19.8 Å². The van der Waals surface area contributed by atoms with Crippen LogP contribution in [0.5, 0.6) is 0 Å². The van der Waals surface area contributed by atoms with Gasteiger partial charge in [0.2, 0.25) is 0 Å². The lowest BCUT2D eigenvalue weighted by Gasteiger charge is -2.46. The van der Waals surface area contributed by atoms with E-state index in [0.29, 0.717) is 30.6 Å². The Labute approximate surface area is 398 Å². The van der Waals surface area contributed by atoms with Crippen molar-refractivity contribution in [3.05, 3.63) is 192 Å². The molecule has 13 nitrogen and oxygen atoms in total. The average Bonchev–Trinajstić information content (AvgIpc) is 3.71. The fourth-order valence-corrected chi connectivity index (χ4v) is 8.44. The van der Waals surface area contributed by atoms with E-state index < -0.39 is 79.1 Å². The molecule has 3 fully saturated rings. The van der Waals surface area contributed by atoms with Gasteiger partial charge >= 0.3 is 11.9 Å². The number of hydrogen-bond acceptors (Lipinski definition) is 13. The second-order valence-corrected chi connectivity index (χ2v) is 17.3. The number of benzene rings is 5. The van der Waals surface area contributed by atoms with Crippen molar-refractivity contribution in [1.82, 2.24) is 0 Å². The molecule has 0 saturated carbocycles. The molecule has 0 aliphatic carbocycles. The van der Waals surface area contributed by atoms with E-state index >= 15 is 0 Å². The van der Waals surface area contributed by atoms with Crippen LogP contribution in [-0.2, 0) is 71.9 Å². The molecule has 3 aliphatic rings. The standard InChI is InChI=1S/C55H60O13/c1-4-5-21-32-59-53-50(66-52(57)42-30-19-10-20-31-42)48-46(67-55(2,3)68-48)44(64-53)37-62-54-49(65-51(56)41-28-17-9-18-29-41)47(61-35-40-26-15-8-16-27-40)45(60-34-39-24-13-7-14-25-39)43(63-54)36-58-33-38-22-11-6-12-23-38/h4,6-20,22-31,43-50,53-54H,1,5,21,32-37H2,2-3H3/t43-,44-,45+,46+,47+,48+,49-,50-,53-,54-/m1/s1. The predicted octanol–water partition coefficient (Wildman–Crippen LogP) is 8.79. The Hall–Kier alpha value is -5.58. The molecule has 0 N–H and O–H groups in total. The van der Waals surface area contributed by atoms with Gasteiger partial charge in [0.1, 0.15) is 36.6 Å². The van der Waals surface area contributed by atoms with Gasteiger partial charge in [-0.25, -0.2) is 9.59 Å². The normalized spacial score (nSPS) is 26.3. The zero-order valence-corrected chi connectivity index (χ0v) is 38.5. The van der Waals surface area contributed by atoms with Crippen LogP contribution in [0.15, 0.2) is 164 Å². The van der Waals surface area contributed by atoms with Gasteiger partial charge in [-0.1, -0.05) is 133 Å². The maximum Gasteiger partial charge on any atom is 0.338 e. The molecule has 8 rings (SSSR count). The second-order valence-electron chi connectivity index (χ2n) is 17.3. The first-order chi connectivity index (χ1) is 33.2. The molecule has 13 heteroatoms. The number of unbranched alkanes of at least 4 members (excludes halogenated alkanes) is 1. The van der Waals surface area contributed by atoms with Gasteiger partial charge in [-0.2, -0.15) is 0 Å². The second kappa shape index (κ2) is 24.1. The molecule has 5 aromatic carbocycles. The largest absolute Gasteiger partial charge is 0.450 e. The Morgan fingerprint density at radius 2 is 1.00 bits per heavy atom. The van der Waals surface area contributed by atoms with E-state index in [-0.39, 0.29) is 33.0 Å². The van der Waals surface area contributed by atoms with E-state index in [1.165, 1.54) is 0 Å². The number of allylic oxidation sites excluding steroid dienone is 1. The van der Waals surface area contributed by atoms with Crippen LogP contribution >= 0.6 is 0 Å². The Bertz CT molecular complexity index is 2300. The van der Waals surface area contributed by atoms with E-state index in [0.717, 1.165) is 16.7 Å². The minimum atomic E-state index is -1.25. The minimum absolute atomic E-state index is 0.0730. The van der Waals surface area contributed by atoms with Crippen LogP contribution < -0.4 is 0 Å². The molecular weight excluding hydrogens is 869 g/mol. The number of rotatable bonds is 22. The Kier molecular flexibility index (Phi) is 17.3. The fraction of sp³-hybridized carbons (Fsp3) is 0.382. The first-order valence-electron chi connectivity index (χ1n) is 23.2. The summed E-state index contributed by atoms with van der Waals surface area (Å²) in [5, 5.41) is 0. The van der Waals surface area contributed by atoms with Crippen molar-refractivity contribution in [3.63, 3.8) is 0 Å². The first-order valence-corrected chi connectivity index (χ1v) is 23.2. The average molecular weight is 929 g/mol. The highest BCUT2D eigenvalue weighted by atomic mass is 16.8. The topological polar surface area (TPSA) is 136 Å². The smallest absolute Gasteiger partial charge is 0.338 e. The van der Waals surface area contributed by atoms with Gasteiger partial charge in [0.25, 0.3) is 0 Å². The summed E-state index contributed by atoms with van der Waals surface area (Å²) >= 11 is 0. The molecule has 0 radical (unpaired) electrons. The molecule has 358 valence electrons. The van der Waals surface area contributed by atoms with E-state index in [2.05, 4.69) is 6.58 Å². The molecule has 0 amide bonds. The van der Waals surface area contributed by atoms with Gasteiger partial charge in [0.15, 0.2) is 30.6 Å². The molecule has 3 aliphatic heterocycles. The summed E-state index contributed by atoms with van der Waals surface area (Å²) in [7, 11) is 0. The first kappa shape index (κ1) is 48.9. The number of hydrogen-bond donors (Lipinski definition) is 0. The number of esters is 2. The molecule has 10 atom stereocenters. The van der Waals surface area contributed by atoms with Crippen LogP contribution in [0.2, 0.25) is 0 Å². The molecule has 3 saturated heterocycles. The fourth-order valence-electron chi connectivity index (χ4n) is 8.44. The van der Waals surface area contributed by atoms with Crippen LogP contribution in [0.4, 0.5) is 0 Å². The number of fused-ring (bicyclic) bond motifs is 1. The van der Waals surface area contributed by atoms with Crippen LogP contribution in [0, 0.1) is 0 Å².